The summed E-state index contributed by atoms with van der Waals surface area (Å²) in [5.74, 6) is 0.509. The molecular formula is C17H19Cl2N3OS. The minimum absolute atomic E-state index is 0.186. The highest BCUT2D eigenvalue weighted by molar-refractivity contribution is 7.13. The molecule has 128 valence electrons. The molecule has 4 nitrogen and oxygen atoms in total. The summed E-state index contributed by atoms with van der Waals surface area (Å²) in [5, 5.41) is 6.22. The normalized spacial score (nSPS) is 15.2. The Morgan fingerprint density at radius 2 is 2.04 bits per heavy atom. The summed E-state index contributed by atoms with van der Waals surface area (Å²) in [6.07, 6.45) is 7.73. The number of hydrogen-bond donors (Lipinski definition) is 1. The molecule has 1 aliphatic carbocycles. The summed E-state index contributed by atoms with van der Waals surface area (Å²) in [4.78, 5) is 18.7. The summed E-state index contributed by atoms with van der Waals surface area (Å²) in [5.41, 5.74) is 0.754. The molecule has 0 unspecified atom stereocenters. The topological polar surface area (TPSA) is 45.2 Å². The first-order valence-electron chi connectivity index (χ1n) is 8.06. The third-order valence-corrected chi connectivity index (χ3v) is 5.70. The van der Waals surface area contributed by atoms with Crippen molar-refractivity contribution in [2.45, 2.75) is 32.1 Å². The lowest BCUT2D eigenvalue weighted by atomic mass is 9.89. The molecule has 2 aromatic rings. The zero-order valence-corrected chi connectivity index (χ0v) is 15.5. The van der Waals surface area contributed by atoms with Crippen LogP contribution in [0.15, 0.2) is 29.8 Å². The van der Waals surface area contributed by atoms with Gasteiger partial charge in [-0.2, -0.15) is 0 Å². The van der Waals surface area contributed by atoms with Gasteiger partial charge in [0.15, 0.2) is 5.13 Å². The molecule has 0 aliphatic heterocycles. The van der Waals surface area contributed by atoms with Gasteiger partial charge in [0.05, 0.1) is 10.0 Å². The first-order valence-corrected chi connectivity index (χ1v) is 9.70. The highest BCUT2D eigenvalue weighted by Gasteiger charge is 2.23. The number of aromatic nitrogens is 1. The van der Waals surface area contributed by atoms with E-state index in [1.165, 1.54) is 30.6 Å². The lowest BCUT2D eigenvalue weighted by Gasteiger charge is -2.30. The third kappa shape index (κ3) is 4.41. The minimum atomic E-state index is -0.186. The minimum Gasteiger partial charge on any atom is -0.294 e. The van der Waals surface area contributed by atoms with Gasteiger partial charge in [-0.25, -0.2) is 9.78 Å². The molecule has 0 bridgehead atoms. The van der Waals surface area contributed by atoms with Gasteiger partial charge in [-0.1, -0.05) is 42.5 Å². The van der Waals surface area contributed by atoms with Crippen LogP contribution in [0.4, 0.5) is 15.6 Å². The molecule has 1 fully saturated rings. The number of amides is 2. The maximum Gasteiger partial charge on any atom is 0.328 e. The Morgan fingerprint density at radius 3 is 2.71 bits per heavy atom. The number of thiazole rings is 1. The average Bonchev–Trinajstić information content (AvgIpc) is 3.09. The Kier molecular flexibility index (Phi) is 5.98. The standard InChI is InChI=1S/C17H19Cl2N3OS/c18-14-7-6-13(10-15(14)19)22(11-12-4-2-1-3-5-12)17(23)21-16-20-8-9-24-16/h6-10,12H,1-5,11H2,(H,20,21,23). The van der Waals surface area contributed by atoms with Crippen molar-refractivity contribution in [1.82, 2.24) is 4.98 Å². The molecule has 1 aromatic carbocycles. The number of benzene rings is 1. The Morgan fingerprint density at radius 1 is 1.25 bits per heavy atom. The second-order valence-electron chi connectivity index (χ2n) is 5.98. The molecule has 0 saturated heterocycles. The van der Waals surface area contributed by atoms with Crippen LogP contribution in [0.2, 0.25) is 10.0 Å². The van der Waals surface area contributed by atoms with Gasteiger partial charge in [0.25, 0.3) is 0 Å². The number of carbonyl (C=O) groups excluding carboxylic acids is 1. The first-order chi connectivity index (χ1) is 11.6. The van der Waals surface area contributed by atoms with Gasteiger partial charge in [0, 0.05) is 23.8 Å². The summed E-state index contributed by atoms with van der Waals surface area (Å²) >= 11 is 13.6. The summed E-state index contributed by atoms with van der Waals surface area (Å²) in [6, 6.07) is 5.12. The highest BCUT2D eigenvalue weighted by atomic mass is 35.5. The molecule has 1 aliphatic rings. The van der Waals surface area contributed by atoms with Crippen molar-refractivity contribution in [3.63, 3.8) is 0 Å². The van der Waals surface area contributed by atoms with Crippen LogP contribution in [0, 0.1) is 5.92 Å². The van der Waals surface area contributed by atoms with E-state index in [9.17, 15) is 4.79 Å². The number of nitrogens with one attached hydrogen (secondary N) is 1. The summed E-state index contributed by atoms with van der Waals surface area (Å²) < 4.78 is 0. The number of urea groups is 1. The SMILES string of the molecule is O=C(Nc1nccs1)N(CC1CCCCC1)c1ccc(Cl)c(Cl)c1. The van der Waals surface area contributed by atoms with E-state index in [-0.39, 0.29) is 6.03 Å². The fourth-order valence-corrected chi connectivity index (χ4v) is 3.84. The Bertz CT molecular complexity index is 687. The zero-order chi connectivity index (χ0) is 16.9. The van der Waals surface area contributed by atoms with Crippen molar-refractivity contribution >= 4 is 51.4 Å². The zero-order valence-electron chi connectivity index (χ0n) is 13.2. The Hall–Kier alpha value is -1.30. The quantitative estimate of drug-likeness (QED) is 0.696. The van der Waals surface area contributed by atoms with Crippen molar-refractivity contribution in [3.05, 3.63) is 39.8 Å². The average molecular weight is 384 g/mol. The number of rotatable bonds is 4. The van der Waals surface area contributed by atoms with E-state index >= 15 is 0 Å². The smallest absolute Gasteiger partial charge is 0.294 e. The van der Waals surface area contributed by atoms with E-state index < -0.39 is 0 Å². The van der Waals surface area contributed by atoms with Gasteiger partial charge in [0.2, 0.25) is 0 Å². The summed E-state index contributed by atoms with van der Waals surface area (Å²) in [7, 11) is 0. The van der Waals surface area contributed by atoms with Gasteiger partial charge in [0.1, 0.15) is 0 Å². The van der Waals surface area contributed by atoms with Crippen molar-refractivity contribution in [1.29, 1.82) is 0 Å². The lowest BCUT2D eigenvalue weighted by Crippen LogP contribution is -2.39. The Labute approximate surface area is 155 Å². The highest BCUT2D eigenvalue weighted by Crippen LogP contribution is 2.31. The van der Waals surface area contributed by atoms with Gasteiger partial charge in [-0.05, 0) is 37.0 Å². The molecular weight excluding hydrogens is 365 g/mol. The lowest BCUT2D eigenvalue weighted by molar-refractivity contribution is 0.254. The first kappa shape index (κ1) is 17.5. The molecule has 1 aromatic heterocycles. The summed E-state index contributed by atoms with van der Waals surface area (Å²) in [6.45, 7) is 0.676. The van der Waals surface area contributed by atoms with Gasteiger partial charge in [-0.15, -0.1) is 11.3 Å². The number of nitrogens with zero attached hydrogens (tertiary/aromatic N) is 2. The number of hydrogen-bond acceptors (Lipinski definition) is 3. The molecule has 3 rings (SSSR count). The molecule has 2 amide bonds. The van der Waals surface area contributed by atoms with Crippen LogP contribution >= 0.6 is 34.5 Å². The fraction of sp³-hybridized carbons (Fsp3) is 0.412. The predicted molar refractivity (Wildman–Crippen MR) is 102 cm³/mol. The second-order valence-corrected chi connectivity index (χ2v) is 7.69. The van der Waals surface area contributed by atoms with E-state index in [4.69, 9.17) is 23.2 Å². The fourth-order valence-electron chi connectivity index (χ4n) is 3.03. The van der Waals surface area contributed by atoms with Gasteiger partial charge < -0.3 is 0 Å². The van der Waals surface area contributed by atoms with Gasteiger partial charge in [-0.3, -0.25) is 10.2 Å². The molecule has 24 heavy (non-hydrogen) atoms. The predicted octanol–water partition coefficient (Wildman–Crippen LogP) is 6.07. The largest absolute Gasteiger partial charge is 0.328 e. The third-order valence-electron chi connectivity index (χ3n) is 4.27. The van der Waals surface area contributed by atoms with Gasteiger partial charge >= 0.3 is 6.03 Å². The van der Waals surface area contributed by atoms with Crippen LogP contribution < -0.4 is 10.2 Å². The molecule has 1 N–H and O–H groups in total. The molecule has 0 atom stereocenters. The number of anilines is 2. The van der Waals surface area contributed by atoms with Crippen molar-refractivity contribution in [3.8, 4) is 0 Å². The number of halogens is 2. The maximum atomic E-state index is 12.8. The second kappa shape index (κ2) is 8.19. The monoisotopic (exact) mass is 383 g/mol. The maximum absolute atomic E-state index is 12.8. The van der Waals surface area contributed by atoms with Crippen molar-refractivity contribution < 1.29 is 4.79 Å². The van der Waals surface area contributed by atoms with Crippen LogP contribution in [0.25, 0.3) is 0 Å². The van der Waals surface area contributed by atoms with Crippen LogP contribution in [0.3, 0.4) is 0 Å². The molecule has 0 spiro atoms. The Balaban J connectivity index is 1.81. The van der Waals surface area contributed by atoms with E-state index in [0.717, 1.165) is 18.5 Å². The van der Waals surface area contributed by atoms with Crippen LogP contribution in [0.1, 0.15) is 32.1 Å². The number of carbonyl (C=O) groups is 1. The van der Waals surface area contributed by atoms with Crippen molar-refractivity contribution in [2.75, 3.05) is 16.8 Å². The molecule has 1 heterocycles. The van der Waals surface area contributed by atoms with Crippen LogP contribution in [-0.4, -0.2) is 17.6 Å². The van der Waals surface area contributed by atoms with Crippen molar-refractivity contribution in [2.24, 2.45) is 5.92 Å². The van der Waals surface area contributed by atoms with E-state index in [1.54, 1.807) is 23.2 Å². The van der Waals surface area contributed by atoms with E-state index in [1.807, 2.05) is 11.4 Å². The van der Waals surface area contributed by atoms with E-state index in [2.05, 4.69) is 10.3 Å². The molecule has 7 heteroatoms. The molecule has 1 saturated carbocycles. The van der Waals surface area contributed by atoms with E-state index in [0.29, 0.717) is 27.6 Å². The molecule has 0 radical (unpaired) electrons. The van der Waals surface area contributed by atoms with Crippen LogP contribution in [-0.2, 0) is 0 Å². The van der Waals surface area contributed by atoms with Crippen LogP contribution in [0.5, 0.6) is 0 Å².